The predicted molar refractivity (Wildman–Crippen MR) is 108 cm³/mol. The average molecular weight is 383 g/mol. The summed E-state index contributed by atoms with van der Waals surface area (Å²) in [5.74, 6) is -0.290. The Morgan fingerprint density at radius 1 is 1.18 bits per heavy atom. The number of para-hydroxylation sites is 1. The first-order valence-electron chi connectivity index (χ1n) is 9.79. The Morgan fingerprint density at radius 3 is 2.75 bits per heavy atom. The number of anilines is 2. The Balaban J connectivity index is 1.59. The van der Waals surface area contributed by atoms with Crippen molar-refractivity contribution in [2.45, 2.75) is 12.5 Å². The summed E-state index contributed by atoms with van der Waals surface area (Å²) in [7, 11) is 1.63. The molecule has 1 amide bonds. The van der Waals surface area contributed by atoms with Crippen LogP contribution in [0, 0.1) is 11.7 Å². The van der Waals surface area contributed by atoms with Crippen molar-refractivity contribution in [2.75, 3.05) is 49.7 Å². The van der Waals surface area contributed by atoms with Gasteiger partial charge in [0.2, 0.25) is 5.91 Å². The SMILES string of the molecule is COCCNC(=O)[C@@H]1Cc2ccccc2N2CCN(c3ccc(F)cc3)C[C@@H]12. The number of ether oxygens (including phenoxy) is 1. The standard InChI is InChI=1S/C22H26FN3O2/c1-28-13-10-24-22(27)19-14-16-4-2-3-5-20(16)26-12-11-25(15-21(19)26)18-8-6-17(23)7-9-18/h2-9,19,21H,10-15H2,1H3,(H,24,27)/t19-,21+/m1/s1. The monoisotopic (exact) mass is 383 g/mol. The molecular formula is C22H26FN3O2. The molecular weight excluding hydrogens is 357 g/mol. The molecule has 0 bridgehead atoms. The highest BCUT2D eigenvalue weighted by molar-refractivity contribution is 5.82. The normalized spacial score (nSPS) is 21.1. The van der Waals surface area contributed by atoms with Crippen LogP contribution in [0.5, 0.6) is 0 Å². The number of fused-ring (bicyclic) bond motifs is 3. The lowest BCUT2D eigenvalue weighted by molar-refractivity contribution is -0.126. The van der Waals surface area contributed by atoms with Crippen molar-refractivity contribution in [3.05, 3.63) is 59.9 Å². The van der Waals surface area contributed by atoms with Crippen LogP contribution < -0.4 is 15.1 Å². The van der Waals surface area contributed by atoms with Gasteiger partial charge in [0.1, 0.15) is 5.82 Å². The zero-order valence-electron chi connectivity index (χ0n) is 16.1. The summed E-state index contributed by atoms with van der Waals surface area (Å²) in [5.41, 5.74) is 3.45. The summed E-state index contributed by atoms with van der Waals surface area (Å²) in [6.45, 7) is 3.44. The van der Waals surface area contributed by atoms with Crippen LogP contribution in [0.2, 0.25) is 0 Å². The van der Waals surface area contributed by atoms with Crippen molar-refractivity contribution in [3.63, 3.8) is 0 Å². The molecule has 6 heteroatoms. The van der Waals surface area contributed by atoms with Crippen molar-refractivity contribution < 1.29 is 13.9 Å². The first kappa shape index (κ1) is 18.7. The lowest BCUT2D eigenvalue weighted by atomic mass is 9.83. The van der Waals surface area contributed by atoms with E-state index in [1.807, 2.05) is 18.2 Å². The van der Waals surface area contributed by atoms with E-state index in [0.717, 1.165) is 31.7 Å². The van der Waals surface area contributed by atoms with E-state index in [0.29, 0.717) is 13.2 Å². The molecule has 0 aromatic heterocycles. The van der Waals surface area contributed by atoms with Crippen molar-refractivity contribution in [2.24, 2.45) is 5.92 Å². The zero-order chi connectivity index (χ0) is 19.5. The number of nitrogens with one attached hydrogen (secondary N) is 1. The first-order chi connectivity index (χ1) is 13.7. The fraction of sp³-hybridized carbons (Fsp3) is 0.409. The van der Waals surface area contributed by atoms with E-state index in [4.69, 9.17) is 4.74 Å². The third-order valence-electron chi connectivity index (χ3n) is 5.76. The van der Waals surface area contributed by atoms with Gasteiger partial charge in [0.25, 0.3) is 0 Å². The summed E-state index contributed by atoms with van der Waals surface area (Å²) < 4.78 is 18.4. The molecule has 1 N–H and O–H groups in total. The Morgan fingerprint density at radius 2 is 1.96 bits per heavy atom. The van der Waals surface area contributed by atoms with Gasteiger partial charge in [-0.1, -0.05) is 18.2 Å². The Labute approximate surface area is 165 Å². The van der Waals surface area contributed by atoms with Gasteiger partial charge in [0.15, 0.2) is 0 Å². The average Bonchev–Trinajstić information content (AvgIpc) is 2.73. The Hall–Kier alpha value is -2.60. The van der Waals surface area contributed by atoms with Crippen molar-refractivity contribution in [1.29, 1.82) is 0 Å². The molecule has 2 aromatic carbocycles. The molecule has 2 atom stereocenters. The summed E-state index contributed by atoms with van der Waals surface area (Å²) in [4.78, 5) is 17.6. The molecule has 4 rings (SSSR count). The van der Waals surface area contributed by atoms with E-state index in [2.05, 4.69) is 33.3 Å². The van der Waals surface area contributed by atoms with Crippen LogP contribution in [0.4, 0.5) is 15.8 Å². The van der Waals surface area contributed by atoms with Gasteiger partial charge >= 0.3 is 0 Å². The second-order valence-corrected chi connectivity index (χ2v) is 7.41. The predicted octanol–water partition coefficient (Wildman–Crippen LogP) is 2.46. The molecule has 1 fully saturated rings. The van der Waals surface area contributed by atoms with Crippen LogP contribution in [0.15, 0.2) is 48.5 Å². The highest BCUT2D eigenvalue weighted by Gasteiger charge is 2.41. The van der Waals surface area contributed by atoms with Crippen LogP contribution in [-0.2, 0) is 16.0 Å². The van der Waals surface area contributed by atoms with Crippen molar-refractivity contribution >= 4 is 17.3 Å². The van der Waals surface area contributed by atoms with Gasteiger partial charge in [0, 0.05) is 44.7 Å². The lowest BCUT2D eigenvalue weighted by Crippen LogP contribution is -2.61. The fourth-order valence-electron chi connectivity index (χ4n) is 4.35. The molecule has 0 spiro atoms. The molecule has 148 valence electrons. The number of nitrogens with zero attached hydrogens (tertiary/aromatic N) is 2. The Kier molecular flexibility index (Phi) is 5.48. The number of methoxy groups -OCH3 is 1. The number of carbonyl (C=O) groups excluding carboxylic acids is 1. The van der Waals surface area contributed by atoms with Crippen LogP contribution in [-0.4, -0.2) is 51.8 Å². The molecule has 28 heavy (non-hydrogen) atoms. The number of amides is 1. The molecule has 2 aliphatic rings. The minimum Gasteiger partial charge on any atom is -0.383 e. The maximum Gasteiger partial charge on any atom is 0.225 e. The van der Waals surface area contributed by atoms with E-state index < -0.39 is 0 Å². The molecule has 2 heterocycles. The smallest absolute Gasteiger partial charge is 0.225 e. The van der Waals surface area contributed by atoms with E-state index in [-0.39, 0.29) is 23.7 Å². The van der Waals surface area contributed by atoms with Gasteiger partial charge in [-0.3, -0.25) is 4.79 Å². The van der Waals surface area contributed by atoms with E-state index in [9.17, 15) is 9.18 Å². The third kappa shape index (κ3) is 3.69. The van der Waals surface area contributed by atoms with E-state index in [1.54, 1.807) is 7.11 Å². The van der Waals surface area contributed by atoms with Gasteiger partial charge in [-0.25, -0.2) is 4.39 Å². The van der Waals surface area contributed by atoms with E-state index in [1.165, 1.54) is 23.4 Å². The van der Waals surface area contributed by atoms with Gasteiger partial charge in [-0.2, -0.15) is 0 Å². The lowest BCUT2D eigenvalue weighted by Gasteiger charge is -2.49. The van der Waals surface area contributed by atoms with Gasteiger partial charge in [-0.05, 0) is 42.3 Å². The number of benzene rings is 2. The summed E-state index contributed by atoms with van der Waals surface area (Å²) in [6.07, 6.45) is 0.730. The molecule has 2 aromatic rings. The number of piperazine rings is 1. The molecule has 0 saturated carbocycles. The first-order valence-corrected chi connectivity index (χ1v) is 9.79. The number of carbonyl (C=O) groups is 1. The van der Waals surface area contributed by atoms with Gasteiger partial charge in [0.05, 0.1) is 18.6 Å². The molecule has 1 saturated heterocycles. The number of hydrogen-bond donors (Lipinski definition) is 1. The van der Waals surface area contributed by atoms with Gasteiger partial charge in [-0.15, -0.1) is 0 Å². The van der Waals surface area contributed by atoms with Crippen LogP contribution in [0.3, 0.4) is 0 Å². The third-order valence-corrected chi connectivity index (χ3v) is 5.76. The van der Waals surface area contributed by atoms with Crippen molar-refractivity contribution in [1.82, 2.24) is 5.32 Å². The summed E-state index contributed by atoms with van der Waals surface area (Å²) in [6, 6.07) is 15.1. The zero-order valence-corrected chi connectivity index (χ0v) is 16.1. The maximum atomic E-state index is 13.3. The number of halogens is 1. The van der Waals surface area contributed by atoms with Crippen LogP contribution >= 0.6 is 0 Å². The largest absolute Gasteiger partial charge is 0.383 e. The highest BCUT2D eigenvalue weighted by atomic mass is 19.1. The second-order valence-electron chi connectivity index (χ2n) is 7.41. The topological polar surface area (TPSA) is 44.8 Å². The minimum atomic E-state index is -0.232. The van der Waals surface area contributed by atoms with E-state index >= 15 is 0 Å². The molecule has 0 unspecified atom stereocenters. The summed E-state index contributed by atoms with van der Waals surface area (Å²) in [5, 5.41) is 3.02. The molecule has 0 radical (unpaired) electrons. The Bertz CT molecular complexity index is 827. The molecule has 5 nitrogen and oxygen atoms in total. The number of hydrogen-bond acceptors (Lipinski definition) is 4. The maximum absolute atomic E-state index is 13.3. The molecule has 2 aliphatic heterocycles. The number of rotatable bonds is 5. The molecule has 0 aliphatic carbocycles. The highest BCUT2D eigenvalue weighted by Crippen LogP contribution is 2.36. The van der Waals surface area contributed by atoms with Crippen LogP contribution in [0.1, 0.15) is 5.56 Å². The second kappa shape index (κ2) is 8.19. The van der Waals surface area contributed by atoms with Gasteiger partial charge < -0.3 is 19.9 Å². The minimum absolute atomic E-state index is 0.0718. The fourth-order valence-corrected chi connectivity index (χ4v) is 4.35. The van der Waals surface area contributed by atoms with Crippen LogP contribution in [0.25, 0.3) is 0 Å². The van der Waals surface area contributed by atoms with Crippen molar-refractivity contribution in [3.8, 4) is 0 Å². The summed E-state index contributed by atoms with van der Waals surface area (Å²) >= 11 is 0. The quantitative estimate of drug-likeness (QED) is 0.806.